The van der Waals surface area contributed by atoms with Gasteiger partial charge in [-0.1, -0.05) is 6.07 Å². The Morgan fingerprint density at radius 3 is 3.21 bits per heavy atom. The lowest BCUT2D eigenvalue weighted by Crippen LogP contribution is -2.23. The van der Waals surface area contributed by atoms with Crippen molar-refractivity contribution in [1.82, 2.24) is 10.0 Å². The quantitative estimate of drug-likeness (QED) is 0.649. The van der Waals surface area contributed by atoms with Crippen molar-refractivity contribution in [1.29, 1.82) is 0 Å². The van der Waals surface area contributed by atoms with Crippen LogP contribution in [0.4, 0.5) is 0 Å². The zero-order valence-corrected chi connectivity index (χ0v) is 9.07. The number of nitrogens with zero attached hydrogens (tertiary/aromatic N) is 2. The molecule has 0 aliphatic rings. The molecule has 0 saturated carbocycles. The van der Waals surface area contributed by atoms with Crippen molar-refractivity contribution in [3.8, 4) is 0 Å². The maximum atomic E-state index is 9.50. The number of methoxy groups -OCH3 is 1. The van der Waals surface area contributed by atoms with Crippen LogP contribution in [-0.4, -0.2) is 35.4 Å². The predicted molar refractivity (Wildman–Crippen MR) is 56.0 cm³/mol. The van der Waals surface area contributed by atoms with Gasteiger partial charge in [-0.05, 0) is 27.6 Å². The molecule has 0 aliphatic carbocycles. The first-order valence-corrected chi connectivity index (χ1v) is 4.84. The number of ether oxygens (including phenoxy) is 1. The second-order valence-corrected chi connectivity index (χ2v) is 3.54. The monoisotopic (exact) mass is 263 g/mol. The van der Waals surface area contributed by atoms with Crippen LogP contribution in [0.3, 0.4) is 0 Å². The van der Waals surface area contributed by atoms with Crippen LogP contribution in [0.5, 0.6) is 0 Å². The van der Waals surface area contributed by atoms with E-state index < -0.39 is 7.04 Å². The molecule has 1 rings (SSSR count). The number of aromatic nitrogens is 1. The Bertz CT molecular complexity index is 345. The van der Waals surface area contributed by atoms with Crippen molar-refractivity contribution in [2.75, 3.05) is 20.2 Å². The number of rotatable bonds is 5. The number of halogens is 1. The first-order chi connectivity index (χ1) is 7.87. The highest BCUT2D eigenvalue weighted by atomic mass is 79.9. The molecule has 0 aliphatic heterocycles. The fourth-order valence-corrected chi connectivity index (χ4v) is 1.18. The molecule has 4 nitrogen and oxygen atoms in total. The Morgan fingerprint density at radius 1 is 1.71 bits per heavy atom. The fourth-order valence-electron chi connectivity index (χ4n) is 0.941. The number of hydrogen-bond acceptors (Lipinski definition) is 4. The summed E-state index contributed by atoms with van der Waals surface area (Å²) in [5.74, 6) is 0. The highest BCUT2D eigenvalue weighted by Gasteiger charge is 2.01. The number of pyridine rings is 1. The van der Waals surface area contributed by atoms with E-state index in [1.54, 1.807) is 12.3 Å². The Kier molecular flexibility index (Phi) is 3.37. The summed E-state index contributed by atoms with van der Waals surface area (Å²) in [7, 11) is -2.42. The third-order valence-corrected chi connectivity index (χ3v) is 2.07. The topological polar surface area (TPSA) is 45.6 Å². The molecule has 0 spiro atoms. The number of hydrogen-bond donors (Lipinski definition) is 1. The molecule has 1 aromatic rings. The Labute approximate surface area is 95.8 Å². The summed E-state index contributed by atoms with van der Waals surface area (Å²) in [6, 6.07) is 3.58. The standard InChI is InChI=1S/C9H13BrN2O2/c1-14-5-4-12(13)7-8-2-3-9(10)11-6-8/h2-3,6,13H,4-5,7H2,1H3/i1D3. The molecule has 78 valence electrons. The third kappa shape index (κ3) is 4.15. The lowest BCUT2D eigenvalue weighted by Gasteiger charge is -2.13. The van der Waals surface area contributed by atoms with E-state index >= 15 is 0 Å². The van der Waals surface area contributed by atoms with E-state index in [9.17, 15) is 5.21 Å². The molecule has 5 heteroatoms. The minimum absolute atomic E-state index is 0.0586. The van der Waals surface area contributed by atoms with Crippen LogP contribution in [-0.2, 0) is 11.3 Å². The van der Waals surface area contributed by atoms with Gasteiger partial charge < -0.3 is 9.94 Å². The van der Waals surface area contributed by atoms with Crippen LogP contribution in [0.15, 0.2) is 22.9 Å². The lowest BCUT2D eigenvalue weighted by molar-refractivity contribution is -0.109. The molecule has 0 radical (unpaired) electrons. The third-order valence-electron chi connectivity index (χ3n) is 1.61. The molecular weight excluding hydrogens is 248 g/mol. The van der Waals surface area contributed by atoms with Gasteiger partial charge in [-0.25, -0.2) is 4.98 Å². The molecule has 1 heterocycles. The highest BCUT2D eigenvalue weighted by Crippen LogP contribution is 2.07. The van der Waals surface area contributed by atoms with Gasteiger partial charge >= 0.3 is 0 Å². The van der Waals surface area contributed by atoms with Crippen molar-refractivity contribution in [2.24, 2.45) is 0 Å². The molecule has 0 amide bonds. The summed E-state index contributed by atoms with van der Waals surface area (Å²) >= 11 is 3.21. The minimum Gasteiger partial charge on any atom is -0.383 e. The van der Waals surface area contributed by atoms with Crippen LogP contribution in [0, 0.1) is 0 Å². The van der Waals surface area contributed by atoms with Gasteiger partial charge in [0, 0.05) is 19.8 Å². The maximum Gasteiger partial charge on any atom is 0.106 e. The second-order valence-electron chi connectivity index (χ2n) is 2.73. The van der Waals surface area contributed by atoms with Crippen LogP contribution in [0.25, 0.3) is 0 Å². The number of hydroxylamine groups is 2. The molecule has 1 N–H and O–H groups in total. The van der Waals surface area contributed by atoms with E-state index in [-0.39, 0.29) is 19.7 Å². The van der Waals surface area contributed by atoms with E-state index in [4.69, 9.17) is 4.11 Å². The van der Waals surface area contributed by atoms with E-state index in [1.165, 1.54) is 0 Å². The zero-order valence-electron chi connectivity index (χ0n) is 10.5. The van der Waals surface area contributed by atoms with Gasteiger partial charge in [0.25, 0.3) is 0 Å². The summed E-state index contributed by atoms with van der Waals surface area (Å²) in [4.78, 5) is 4.01. The largest absolute Gasteiger partial charge is 0.383 e. The molecular formula is C9H13BrN2O2. The molecule has 0 saturated heterocycles. The Balaban J connectivity index is 2.30. The Hall–Kier alpha value is -0.490. The normalized spacial score (nSPS) is 14.9. The van der Waals surface area contributed by atoms with Crippen molar-refractivity contribution in [2.45, 2.75) is 6.54 Å². The average molecular weight is 264 g/mol. The molecule has 0 fully saturated rings. The first kappa shape index (κ1) is 7.76. The predicted octanol–water partition coefficient (Wildman–Crippen LogP) is 1.68. The van der Waals surface area contributed by atoms with Crippen LogP contribution >= 0.6 is 15.9 Å². The average Bonchev–Trinajstić information content (AvgIpc) is 2.19. The van der Waals surface area contributed by atoms with Gasteiger partial charge in [0.1, 0.15) is 4.60 Å². The van der Waals surface area contributed by atoms with Crippen LogP contribution in [0.2, 0.25) is 0 Å². The first-order valence-electron chi connectivity index (χ1n) is 5.55. The summed E-state index contributed by atoms with van der Waals surface area (Å²) in [5, 5.41) is 10.5. The second kappa shape index (κ2) is 6.08. The minimum atomic E-state index is -2.42. The van der Waals surface area contributed by atoms with Crippen molar-refractivity contribution in [3.05, 3.63) is 28.5 Å². The molecule has 0 unspecified atom stereocenters. The zero-order chi connectivity index (χ0) is 12.9. The molecule has 0 bridgehead atoms. The maximum absolute atomic E-state index is 9.50. The van der Waals surface area contributed by atoms with E-state index in [0.29, 0.717) is 0 Å². The SMILES string of the molecule is [2H]C([2H])([2H])OCCN(O)Cc1ccc(Br)nc1. The van der Waals surface area contributed by atoms with Crippen molar-refractivity contribution in [3.63, 3.8) is 0 Å². The summed E-state index contributed by atoms with van der Waals surface area (Å²) in [6.45, 7) is 0.329. The fraction of sp³-hybridized carbons (Fsp3) is 0.444. The van der Waals surface area contributed by atoms with Gasteiger partial charge in [0.2, 0.25) is 0 Å². The summed E-state index contributed by atoms with van der Waals surface area (Å²) in [6.07, 6.45) is 1.62. The van der Waals surface area contributed by atoms with Crippen molar-refractivity contribution < 1.29 is 14.1 Å². The van der Waals surface area contributed by atoms with Gasteiger partial charge in [-0.3, -0.25) is 0 Å². The van der Waals surface area contributed by atoms with E-state index in [0.717, 1.165) is 15.2 Å². The molecule has 14 heavy (non-hydrogen) atoms. The van der Waals surface area contributed by atoms with Gasteiger partial charge in [-0.15, -0.1) is 0 Å². The van der Waals surface area contributed by atoms with Crippen LogP contribution < -0.4 is 0 Å². The van der Waals surface area contributed by atoms with Gasteiger partial charge in [0.05, 0.1) is 17.3 Å². The molecule has 0 atom stereocenters. The van der Waals surface area contributed by atoms with Gasteiger partial charge in [-0.2, -0.15) is 5.06 Å². The highest BCUT2D eigenvalue weighted by molar-refractivity contribution is 9.10. The Morgan fingerprint density at radius 2 is 2.57 bits per heavy atom. The van der Waals surface area contributed by atoms with Crippen LogP contribution in [0.1, 0.15) is 9.68 Å². The molecule has 0 aromatic carbocycles. The summed E-state index contributed by atoms with van der Waals surface area (Å²) < 4.78 is 25.7. The smallest absolute Gasteiger partial charge is 0.106 e. The van der Waals surface area contributed by atoms with Gasteiger partial charge in [0.15, 0.2) is 0 Å². The van der Waals surface area contributed by atoms with E-state index in [1.807, 2.05) is 6.07 Å². The lowest BCUT2D eigenvalue weighted by atomic mass is 10.3. The van der Waals surface area contributed by atoms with E-state index in [2.05, 4.69) is 25.7 Å². The summed E-state index contributed by atoms with van der Waals surface area (Å²) in [5.41, 5.74) is 0.824. The van der Waals surface area contributed by atoms with Crippen molar-refractivity contribution >= 4 is 15.9 Å². The molecule has 1 aromatic heterocycles.